The van der Waals surface area contributed by atoms with E-state index in [-0.39, 0.29) is 16.7 Å². The van der Waals surface area contributed by atoms with Crippen LogP contribution in [0, 0.1) is 36.1 Å². The topological polar surface area (TPSA) is 0 Å². The third-order valence-electron chi connectivity index (χ3n) is 6.51. The number of hydrogen-bond acceptors (Lipinski definition) is 0. The van der Waals surface area contributed by atoms with Crippen molar-refractivity contribution in [1.29, 1.82) is 0 Å². The molecular weight excluding hydrogens is 424 g/mol. The van der Waals surface area contributed by atoms with Crippen molar-refractivity contribution < 1.29 is 17.6 Å². The Bertz CT molecular complexity index is 1210. The minimum Gasteiger partial charge on any atom is -0.203 e. The van der Waals surface area contributed by atoms with Gasteiger partial charge in [0.1, 0.15) is 0 Å². The van der Waals surface area contributed by atoms with Crippen molar-refractivity contribution in [3.63, 3.8) is 0 Å². The lowest BCUT2D eigenvalue weighted by Gasteiger charge is -2.22. The molecule has 0 fully saturated rings. The second-order valence-corrected chi connectivity index (χ2v) is 8.66. The van der Waals surface area contributed by atoms with Gasteiger partial charge in [0.05, 0.1) is 0 Å². The zero-order chi connectivity index (χ0) is 23.5. The molecule has 0 amide bonds. The molecule has 4 heteroatoms. The first-order valence-corrected chi connectivity index (χ1v) is 11.2. The standard InChI is InChI=1S/C29H26F4/c1-3-4-5-19-7-9-20(10-8-19)24-16-17-25(29(33)28(24)32)22-13-11-21(12-14-22)23-15-6-18(2)26(30)27(23)31/h3,6,9,11-17,19H,1,4-5,7-8,10H2,2H3. The highest BCUT2D eigenvalue weighted by atomic mass is 19.2. The third kappa shape index (κ3) is 4.66. The van der Waals surface area contributed by atoms with Gasteiger partial charge in [0, 0.05) is 16.7 Å². The van der Waals surface area contributed by atoms with E-state index >= 15 is 4.39 Å². The van der Waals surface area contributed by atoms with Crippen LogP contribution in [0.2, 0.25) is 0 Å². The van der Waals surface area contributed by atoms with Crippen LogP contribution in [0.4, 0.5) is 17.6 Å². The Hall–Kier alpha value is -3.14. The fraction of sp³-hybridized carbons (Fsp3) is 0.241. The number of rotatable bonds is 6. The van der Waals surface area contributed by atoms with Crippen molar-refractivity contribution in [2.75, 3.05) is 0 Å². The summed E-state index contributed by atoms with van der Waals surface area (Å²) < 4.78 is 58.2. The number of aryl methyl sites for hydroxylation is 1. The molecule has 4 rings (SSSR count). The molecule has 1 unspecified atom stereocenters. The smallest absolute Gasteiger partial charge is 0.167 e. The number of allylic oxidation sites excluding steroid dienone is 3. The van der Waals surface area contributed by atoms with E-state index in [1.165, 1.54) is 19.1 Å². The van der Waals surface area contributed by atoms with E-state index < -0.39 is 23.3 Å². The maximum Gasteiger partial charge on any atom is 0.167 e. The summed E-state index contributed by atoms with van der Waals surface area (Å²) in [5.74, 6) is -2.99. The quantitative estimate of drug-likeness (QED) is 0.260. The SMILES string of the molecule is C=CCCC1CC=C(c2ccc(-c3ccc(-c4ccc(C)c(F)c4F)cc3)c(F)c2F)CC1. The third-order valence-corrected chi connectivity index (χ3v) is 6.51. The van der Waals surface area contributed by atoms with Gasteiger partial charge >= 0.3 is 0 Å². The van der Waals surface area contributed by atoms with Crippen LogP contribution in [0.25, 0.3) is 27.8 Å². The summed E-state index contributed by atoms with van der Waals surface area (Å²) in [7, 11) is 0. The van der Waals surface area contributed by atoms with E-state index in [0.717, 1.165) is 37.7 Å². The van der Waals surface area contributed by atoms with Crippen LogP contribution in [0.15, 0.2) is 67.3 Å². The van der Waals surface area contributed by atoms with Gasteiger partial charge < -0.3 is 0 Å². The molecule has 0 saturated heterocycles. The number of benzene rings is 3. The van der Waals surface area contributed by atoms with Crippen molar-refractivity contribution in [3.8, 4) is 22.3 Å². The monoisotopic (exact) mass is 450 g/mol. The average Bonchev–Trinajstić information content (AvgIpc) is 2.84. The maximum atomic E-state index is 15.0. The molecule has 0 saturated carbocycles. The van der Waals surface area contributed by atoms with Crippen LogP contribution < -0.4 is 0 Å². The molecule has 1 aliphatic rings. The summed E-state index contributed by atoms with van der Waals surface area (Å²) >= 11 is 0. The molecule has 3 aromatic carbocycles. The van der Waals surface area contributed by atoms with Crippen molar-refractivity contribution >= 4 is 5.57 Å². The zero-order valence-corrected chi connectivity index (χ0v) is 18.6. The first-order chi connectivity index (χ1) is 15.9. The summed E-state index contributed by atoms with van der Waals surface area (Å²) in [6.07, 6.45) is 8.52. The van der Waals surface area contributed by atoms with Gasteiger partial charge in [0.15, 0.2) is 23.3 Å². The highest BCUT2D eigenvalue weighted by Crippen LogP contribution is 2.36. The van der Waals surface area contributed by atoms with Crippen LogP contribution in [-0.4, -0.2) is 0 Å². The first-order valence-electron chi connectivity index (χ1n) is 11.2. The summed E-state index contributed by atoms with van der Waals surface area (Å²) in [5.41, 5.74) is 2.59. The Morgan fingerprint density at radius 2 is 1.33 bits per heavy atom. The highest BCUT2D eigenvalue weighted by Gasteiger charge is 2.21. The molecule has 0 N–H and O–H groups in total. The molecule has 3 aromatic rings. The molecule has 0 spiro atoms. The Morgan fingerprint density at radius 3 is 1.91 bits per heavy atom. The minimum atomic E-state index is -0.920. The largest absolute Gasteiger partial charge is 0.203 e. The van der Waals surface area contributed by atoms with Gasteiger partial charge in [-0.05, 0) is 67.2 Å². The molecular formula is C29H26F4. The van der Waals surface area contributed by atoms with E-state index in [1.54, 1.807) is 36.4 Å². The van der Waals surface area contributed by atoms with Crippen molar-refractivity contribution in [2.24, 2.45) is 5.92 Å². The second kappa shape index (κ2) is 9.78. The Kier molecular flexibility index (Phi) is 6.83. The van der Waals surface area contributed by atoms with Gasteiger partial charge in [0.25, 0.3) is 0 Å². The minimum absolute atomic E-state index is 0.127. The van der Waals surface area contributed by atoms with Gasteiger partial charge in [-0.1, -0.05) is 60.7 Å². The van der Waals surface area contributed by atoms with E-state index in [0.29, 0.717) is 22.6 Å². The fourth-order valence-corrected chi connectivity index (χ4v) is 4.47. The summed E-state index contributed by atoms with van der Waals surface area (Å²) in [5, 5.41) is 0. The van der Waals surface area contributed by atoms with Gasteiger partial charge in [-0.25, -0.2) is 17.6 Å². The zero-order valence-electron chi connectivity index (χ0n) is 18.6. The van der Waals surface area contributed by atoms with E-state index in [1.807, 2.05) is 12.2 Å². The molecule has 1 aliphatic carbocycles. The predicted octanol–water partition coefficient (Wildman–Crippen LogP) is 9.04. The normalized spacial score (nSPS) is 15.9. The van der Waals surface area contributed by atoms with Crippen molar-refractivity contribution in [1.82, 2.24) is 0 Å². The van der Waals surface area contributed by atoms with Crippen LogP contribution >= 0.6 is 0 Å². The number of hydrogen-bond donors (Lipinski definition) is 0. The molecule has 33 heavy (non-hydrogen) atoms. The Morgan fingerprint density at radius 1 is 0.788 bits per heavy atom. The van der Waals surface area contributed by atoms with E-state index in [9.17, 15) is 13.2 Å². The molecule has 0 aliphatic heterocycles. The van der Waals surface area contributed by atoms with Crippen LogP contribution in [-0.2, 0) is 0 Å². The number of halogens is 4. The van der Waals surface area contributed by atoms with Crippen LogP contribution in [0.3, 0.4) is 0 Å². The van der Waals surface area contributed by atoms with Crippen LogP contribution in [0.5, 0.6) is 0 Å². The van der Waals surface area contributed by atoms with E-state index in [2.05, 4.69) is 6.58 Å². The summed E-state index contributed by atoms with van der Waals surface area (Å²) in [4.78, 5) is 0. The molecule has 0 radical (unpaired) electrons. The molecule has 0 bridgehead atoms. The van der Waals surface area contributed by atoms with Crippen LogP contribution in [0.1, 0.15) is 43.2 Å². The lowest BCUT2D eigenvalue weighted by Crippen LogP contribution is -2.07. The van der Waals surface area contributed by atoms with Gasteiger partial charge in [-0.2, -0.15) is 0 Å². The summed E-state index contributed by atoms with van der Waals surface area (Å²) in [6.45, 7) is 5.25. The van der Waals surface area contributed by atoms with Gasteiger partial charge in [-0.3, -0.25) is 0 Å². The fourth-order valence-electron chi connectivity index (χ4n) is 4.47. The average molecular weight is 451 g/mol. The van der Waals surface area contributed by atoms with Crippen molar-refractivity contribution in [2.45, 2.75) is 39.0 Å². The highest BCUT2D eigenvalue weighted by molar-refractivity contribution is 5.74. The molecule has 0 nitrogen and oxygen atoms in total. The van der Waals surface area contributed by atoms with Crippen molar-refractivity contribution in [3.05, 3.63) is 102 Å². The molecule has 1 atom stereocenters. The maximum absolute atomic E-state index is 15.0. The first kappa shape index (κ1) is 23.0. The lowest BCUT2D eigenvalue weighted by molar-refractivity contribution is 0.452. The van der Waals surface area contributed by atoms with Gasteiger partial charge in [0.2, 0.25) is 0 Å². The second-order valence-electron chi connectivity index (χ2n) is 8.66. The Labute approximate surface area is 192 Å². The van der Waals surface area contributed by atoms with E-state index in [4.69, 9.17) is 0 Å². The lowest BCUT2D eigenvalue weighted by atomic mass is 9.83. The Balaban J connectivity index is 1.58. The predicted molar refractivity (Wildman–Crippen MR) is 127 cm³/mol. The molecule has 170 valence electrons. The summed E-state index contributed by atoms with van der Waals surface area (Å²) in [6, 6.07) is 12.6. The molecule has 0 heterocycles. The molecule has 0 aromatic heterocycles. The van der Waals surface area contributed by atoms with Gasteiger partial charge in [-0.15, -0.1) is 6.58 Å².